The maximum Gasteiger partial charge on any atom is 0.413 e. The minimum atomic E-state index is -2.06. The van der Waals surface area contributed by atoms with Crippen molar-refractivity contribution in [3.63, 3.8) is 0 Å². The van der Waals surface area contributed by atoms with Gasteiger partial charge in [0.15, 0.2) is 0 Å². The fourth-order valence-corrected chi connectivity index (χ4v) is 2.04. The molecule has 2 rings (SSSR count). The van der Waals surface area contributed by atoms with Gasteiger partial charge in [0.2, 0.25) is 0 Å². The van der Waals surface area contributed by atoms with E-state index in [0.29, 0.717) is 19.7 Å². The van der Waals surface area contributed by atoms with Crippen molar-refractivity contribution in [2.24, 2.45) is 0 Å². The molecule has 19 heavy (non-hydrogen) atoms. The van der Waals surface area contributed by atoms with Crippen LogP contribution in [-0.4, -0.2) is 28.1 Å². The van der Waals surface area contributed by atoms with Crippen molar-refractivity contribution in [2.75, 3.05) is 13.2 Å². The standard InChI is InChI=1S/C12H12Cl3NO3/c1-8-2-3-10-9(6-8)7-16(4-5-18-10)11(17)19-12(13,14)15/h2-3,6H,4-5,7H2,1H3. The lowest BCUT2D eigenvalue weighted by Crippen LogP contribution is -2.35. The van der Waals surface area contributed by atoms with Crippen molar-refractivity contribution < 1.29 is 14.3 Å². The highest BCUT2D eigenvalue weighted by Gasteiger charge is 2.29. The number of halogens is 3. The number of amides is 1. The zero-order valence-electron chi connectivity index (χ0n) is 10.2. The molecule has 0 aliphatic carbocycles. The molecule has 0 N–H and O–H groups in total. The van der Waals surface area contributed by atoms with E-state index in [1.807, 2.05) is 25.1 Å². The summed E-state index contributed by atoms with van der Waals surface area (Å²) in [4.78, 5) is 13.3. The summed E-state index contributed by atoms with van der Waals surface area (Å²) in [6, 6.07) is 5.79. The maximum atomic E-state index is 11.9. The fraction of sp³-hybridized carbons (Fsp3) is 0.417. The summed E-state index contributed by atoms with van der Waals surface area (Å²) < 4.78 is 8.22. The van der Waals surface area contributed by atoms with Crippen LogP contribution in [0.1, 0.15) is 11.1 Å². The molecule has 1 aliphatic rings. The number of fused-ring (bicyclic) bond motifs is 1. The molecule has 1 heterocycles. The first-order valence-corrected chi connectivity index (χ1v) is 6.75. The van der Waals surface area contributed by atoms with Crippen LogP contribution in [0.2, 0.25) is 0 Å². The molecule has 0 saturated carbocycles. The van der Waals surface area contributed by atoms with Crippen molar-refractivity contribution in [2.45, 2.75) is 17.4 Å². The third kappa shape index (κ3) is 4.06. The summed E-state index contributed by atoms with van der Waals surface area (Å²) >= 11 is 16.3. The van der Waals surface area contributed by atoms with Gasteiger partial charge in [0.25, 0.3) is 0 Å². The summed E-state index contributed by atoms with van der Waals surface area (Å²) in [5.41, 5.74) is 1.98. The summed E-state index contributed by atoms with van der Waals surface area (Å²) in [7, 11) is 0. The average molecular weight is 325 g/mol. The zero-order chi connectivity index (χ0) is 14.0. The van der Waals surface area contributed by atoms with Crippen molar-refractivity contribution in [1.29, 1.82) is 0 Å². The highest BCUT2D eigenvalue weighted by molar-refractivity contribution is 6.66. The molecular weight excluding hydrogens is 312 g/mol. The van der Waals surface area contributed by atoms with Gasteiger partial charge in [-0.05, 0) is 47.8 Å². The lowest BCUT2D eigenvalue weighted by Gasteiger charge is -2.22. The van der Waals surface area contributed by atoms with Crippen molar-refractivity contribution >= 4 is 40.9 Å². The number of carbonyl (C=O) groups excluding carboxylic acids is 1. The third-order valence-corrected chi connectivity index (χ3v) is 2.89. The number of hydrogen-bond donors (Lipinski definition) is 0. The van der Waals surface area contributed by atoms with Crippen LogP contribution in [0.25, 0.3) is 0 Å². The van der Waals surface area contributed by atoms with Crippen molar-refractivity contribution in [3.05, 3.63) is 29.3 Å². The molecular formula is C12H12Cl3NO3. The molecule has 0 fully saturated rings. The molecule has 0 radical (unpaired) electrons. The Hall–Kier alpha value is -0.840. The van der Waals surface area contributed by atoms with Gasteiger partial charge >= 0.3 is 10.1 Å². The third-order valence-electron chi connectivity index (χ3n) is 2.66. The molecule has 0 atom stereocenters. The Bertz CT molecular complexity index is 488. The SMILES string of the molecule is Cc1ccc2c(c1)CN(C(=O)OC(Cl)(Cl)Cl)CCO2. The second-order valence-electron chi connectivity index (χ2n) is 4.19. The summed E-state index contributed by atoms with van der Waals surface area (Å²) in [5, 5.41) is 0. The number of rotatable bonds is 0. The van der Waals surface area contributed by atoms with Crippen LogP contribution in [0.15, 0.2) is 18.2 Å². The first-order valence-electron chi connectivity index (χ1n) is 5.62. The molecule has 0 aromatic heterocycles. The van der Waals surface area contributed by atoms with Crippen molar-refractivity contribution in [1.82, 2.24) is 4.90 Å². The van der Waals surface area contributed by atoms with Gasteiger partial charge in [-0.3, -0.25) is 0 Å². The molecule has 1 amide bonds. The van der Waals surface area contributed by atoms with Crippen LogP contribution < -0.4 is 4.74 Å². The van der Waals surface area contributed by atoms with Gasteiger partial charge in [-0.1, -0.05) is 17.7 Å². The second kappa shape index (κ2) is 5.65. The molecule has 0 spiro atoms. The summed E-state index contributed by atoms with van der Waals surface area (Å²) in [6.45, 7) is 3.06. The number of benzene rings is 1. The molecule has 4 nitrogen and oxygen atoms in total. The fourth-order valence-electron chi connectivity index (χ4n) is 1.84. The van der Waals surface area contributed by atoms with Crippen LogP contribution in [0.3, 0.4) is 0 Å². The van der Waals surface area contributed by atoms with Gasteiger partial charge in [0.1, 0.15) is 12.4 Å². The Balaban J connectivity index is 2.15. The van der Waals surface area contributed by atoms with Gasteiger partial charge in [0.05, 0.1) is 13.1 Å². The van der Waals surface area contributed by atoms with E-state index in [2.05, 4.69) is 0 Å². The van der Waals surface area contributed by atoms with E-state index in [9.17, 15) is 4.79 Å². The first kappa shape index (κ1) is 14.6. The van der Waals surface area contributed by atoms with E-state index in [1.54, 1.807) is 0 Å². The van der Waals surface area contributed by atoms with E-state index in [1.165, 1.54) is 4.90 Å². The zero-order valence-corrected chi connectivity index (χ0v) is 12.4. The van der Waals surface area contributed by atoms with E-state index >= 15 is 0 Å². The minimum absolute atomic E-state index is 0.358. The van der Waals surface area contributed by atoms with Gasteiger partial charge in [-0.25, -0.2) is 4.79 Å². The number of aryl methyl sites for hydroxylation is 1. The number of alkyl halides is 3. The van der Waals surface area contributed by atoms with Gasteiger partial charge in [-0.15, -0.1) is 0 Å². The lowest BCUT2D eigenvalue weighted by molar-refractivity contribution is 0.0950. The summed E-state index contributed by atoms with van der Waals surface area (Å²) in [6.07, 6.45) is -0.682. The quantitative estimate of drug-likeness (QED) is 0.684. The Morgan fingerprint density at radius 3 is 2.84 bits per heavy atom. The monoisotopic (exact) mass is 323 g/mol. The number of carbonyl (C=O) groups is 1. The number of nitrogens with zero attached hydrogens (tertiary/aromatic N) is 1. The largest absolute Gasteiger partial charge is 0.491 e. The summed E-state index contributed by atoms with van der Waals surface area (Å²) in [5.74, 6) is 0.759. The van der Waals surface area contributed by atoms with E-state index in [4.69, 9.17) is 44.3 Å². The number of ether oxygens (including phenoxy) is 2. The smallest absolute Gasteiger partial charge is 0.413 e. The minimum Gasteiger partial charge on any atom is -0.491 e. The first-order chi connectivity index (χ1) is 8.85. The highest BCUT2D eigenvalue weighted by Crippen LogP contribution is 2.30. The molecule has 104 valence electrons. The van der Waals surface area contributed by atoms with E-state index < -0.39 is 10.1 Å². The topological polar surface area (TPSA) is 38.8 Å². The van der Waals surface area contributed by atoms with Gasteiger partial charge in [0, 0.05) is 5.56 Å². The predicted molar refractivity (Wildman–Crippen MR) is 73.9 cm³/mol. The number of hydrogen-bond acceptors (Lipinski definition) is 3. The highest BCUT2D eigenvalue weighted by atomic mass is 35.6. The van der Waals surface area contributed by atoms with Crippen LogP contribution in [0.4, 0.5) is 4.79 Å². The molecule has 0 unspecified atom stereocenters. The molecule has 0 bridgehead atoms. The predicted octanol–water partition coefficient (Wildman–Crippen LogP) is 3.65. The second-order valence-corrected chi connectivity index (χ2v) is 6.37. The Morgan fingerprint density at radius 2 is 2.16 bits per heavy atom. The normalized spacial score (nSPS) is 15.3. The van der Waals surface area contributed by atoms with Crippen LogP contribution in [-0.2, 0) is 11.3 Å². The Labute approximate surface area is 126 Å². The molecule has 7 heteroatoms. The van der Waals surface area contributed by atoms with Crippen LogP contribution in [0.5, 0.6) is 5.75 Å². The molecule has 1 aromatic rings. The Kier molecular flexibility index (Phi) is 4.33. The van der Waals surface area contributed by atoms with Crippen LogP contribution in [0, 0.1) is 6.92 Å². The van der Waals surface area contributed by atoms with E-state index in [-0.39, 0.29) is 0 Å². The molecule has 1 aliphatic heterocycles. The van der Waals surface area contributed by atoms with Gasteiger partial charge < -0.3 is 14.4 Å². The van der Waals surface area contributed by atoms with E-state index in [0.717, 1.165) is 16.9 Å². The average Bonchev–Trinajstić information content (AvgIpc) is 2.48. The van der Waals surface area contributed by atoms with Gasteiger partial charge in [-0.2, -0.15) is 0 Å². The van der Waals surface area contributed by atoms with Crippen molar-refractivity contribution in [3.8, 4) is 5.75 Å². The lowest BCUT2D eigenvalue weighted by atomic mass is 10.1. The molecule has 0 saturated heterocycles. The Morgan fingerprint density at radius 1 is 1.42 bits per heavy atom. The maximum absolute atomic E-state index is 11.9. The van der Waals surface area contributed by atoms with Crippen LogP contribution >= 0.6 is 34.8 Å². The molecule has 1 aromatic carbocycles.